The van der Waals surface area contributed by atoms with Crippen LogP contribution in [0.15, 0.2) is 23.1 Å². The SMILES string of the molecule is Cc1ccc(F)cc1S(=O)(=O)NCCC1CCCCN1. The van der Waals surface area contributed by atoms with E-state index in [0.717, 1.165) is 25.5 Å². The van der Waals surface area contributed by atoms with E-state index in [-0.39, 0.29) is 4.90 Å². The first-order chi connectivity index (χ1) is 9.49. The fraction of sp³-hybridized carbons (Fsp3) is 0.571. The van der Waals surface area contributed by atoms with E-state index in [1.807, 2.05) is 0 Å². The second kappa shape index (κ2) is 6.65. The van der Waals surface area contributed by atoms with E-state index in [4.69, 9.17) is 0 Å². The Hall–Kier alpha value is -0.980. The normalized spacial score (nSPS) is 20.0. The third-order valence-electron chi connectivity index (χ3n) is 3.64. The van der Waals surface area contributed by atoms with E-state index >= 15 is 0 Å². The molecule has 1 aliphatic rings. The van der Waals surface area contributed by atoms with Crippen LogP contribution in [-0.2, 0) is 10.0 Å². The Kier molecular flexibility index (Phi) is 5.12. The summed E-state index contributed by atoms with van der Waals surface area (Å²) < 4.78 is 40.0. The van der Waals surface area contributed by atoms with E-state index in [1.165, 1.54) is 25.0 Å². The molecule has 0 bridgehead atoms. The molecular formula is C14H21FN2O2S. The van der Waals surface area contributed by atoms with Gasteiger partial charge in [0.15, 0.2) is 0 Å². The summed E-state index contributed by atoms with van der Waals surface area (Å²) in [6, 6.07) is 4.18. The van der Waals surface area contributed by atoms with Crippen molar-refractivity contribution in [2.75, 3.05) is 13.1 Å². The van der Waals surface area contributed by atoms with Crippen molar-refractivity contribution in [3.8, 4) is 0 Å². The van der Waals surface area contributed by atoms with Crippen molar-refractivity contribution >= 4 is 10.0 Å². The third kappa shape index (κ3) is 4.01. The van der Waals surface area contributed by atoms with E-state index in [1.54, 1.807) is 6.92 Å². The zero-order chi connectivity index (χ0) is 14.6. The van der Waals surface area contributed by atoms with Gasteiger partial charge in [-0.25, -0.2) is 17.5 Å². The second-order valence-corrected chi connectivity index (χ2v) is 6.98. The van der Waals surface area contributed by atoms with Crippen LogP contribution in [0.4, 0.5) is 4.39 Å². The minimum atomic E-state index is -3.63. The molecule has 0 spiro atoms. The molecule has 4 nitrogen and oxygen atoms in total. The van der Waals surface area contributed by atoms with Crippen LogP contribution < -0.4 is 10.0 Å². The molecule has 1 aromatic carbocycles. The molecule has 0 saturated carbocycles. The van der Waals surface area contributed by atoms with Crippen molar-refractivity contribution in [2.45, 2.75) is 43.5 Å². The summed E-state index contributed by atoms with van der Waals surface area (Å²) in [6.07, 6.45) is 4.21. The molecule has 2 rings (SSSR count). The van der Waals surface area contributed by atoms with E-state index in [2.05, 4.69) is 10.0 Å². The van der Waals surface area contributed by atoms with Crippen LogP contribution in [0, 0.1) is 12.7 Å². The first kappa shape index (κ1) is 15.4. The maximum atomic E-state index is 13.2. The molecular weight excluding hydrogens is 279 g/mol. The fourth-order valence-electron chi connectivity index (χ4n) is 2.48. The summed E-state index contributed by atoms with van der Waals surface area (Å²) >= 11 is 0. The summed E-state index contributed by atoms with van der Waals surface area (Å²) in [5.74, 6) is -0.537. The molecule has 0 amide bonds. The number of sulfonamides is 1. The highest BCUT2D eigenvalue weighted by Crippen LogP contribution is 2.16. The number of benzene rings is 1. The van der Waals surface area contributed by atoms with E-state index in [9.17, 15) is 12.8 Å². The molecule has 1 aromatic rings. The average Bonchev–Trinajstić information content (AvgIpc) is 2.42. The van der Waals surface area contributed by atoms with Gasteiger partial charge in [-0.05, 0) is 50.4 Å². The van der Waals surface area contributed by atoms with Crippen LogP contribution in [0.2, 0.25) is 0 Å². The first-order valence-electron chi connectivity index (χ1n) is 6.98. The maximum absolute atomic E-state index is 13.2. The highest BCUT2D eigenvalue weighted by molar-refractivity contribution is 7.89. The fourth-order valence-corrected chi connectivity index (χ4v) is 3.78. The van der Waals surface area contributed by atoms with Crippen LogP contribution in [0.25, 0.3) is 0 Å². The van der Waals surface area contributed by atoms with Crippen LogP contribution in [-0.4, -0.2) is 27.5 Å². The lowest BCUT2D eigenvalue weighted by Gasteiger charge is -2.23. The lowest BCUT2D eigenvalue weighted by Crippen LogP contribution is -2.37. The smallest absolute Gasteiger partial charge is 0.240 e. The van der Waals surface area contributed by atoms with Gasteiger partial charge >= 0.3 is 0 Å². The molecule has 1 unspecified atom stereocenters. The Morgan fingerprint density at radius 3 is 2.90 bits per heavy atom. The van der Waals surface area contributed by atoms with Crippen LogP contribution in [0.1, 0.15) is 31.2 Å². The maximum Gasteiger partial charge on any atom is 0.240 e. The van der Waals surface area contributed by atoms with E-state index < -0.39 is 15.8 Å². The number of rotatable bonds is 5. The molecule has 1 heterocycles. The minimum Gasteiger partial charge on any atom is -0.314 e. The van der Waals surface area contributed by atoms with E-state index in [0.29, 0.717) is 18.2 Å². The van der Waals surface area contributed by atoms with Gasteiger partial charge in [-0.1, -0.05) is 12.5 Å². The molecule has 1 fully saturated rings. The summed E-state index contributed by atoms with van der Waals surface area (Å²) in [4.78, 5) is 0.0223. The van der Waals surface area contributed by atoms with Gasteiger partial charge in [-0.3, -0.25) is 0 Å². The molecule has 1 atom stereocenters. The zero-order valence-electron chi connectivity index (χ0n) is 11.7. The van der Waals surface area contributed by atoms with Crippen molar-refractivity contribution in [3.63, 3.8) is 0 Å². The second-order valence-electron chi connectivity index (χ2n) is 5.24. The molecule has 0 radical (unpaired) electrons. The van der Waals surface area contributed by atoms with Crippen molar-refractivity contribution in [3.05, 3.63) is 29.6 Å². The molecule has 0 aliphatic carbocycles. The van der Waals surface area contributed by atoms with Gasteiger partial charge in [-0.2, -0.15) is 0 Å². The standard InChI is InChI=1S/C14H21FN2O2S/c1-11-5-6-12(15)10-14(11)20(18,19)17-9-7-13-4-2-3-8-16-13/h5-6,10,13,16-17H,2-4,7-9H2,1H3. The molecule has 20 heavy (non-hydrogen) atoms. The summed E-state index contributed by atoms with van der Waals surface area (Å²) in [7, 11) is -3.63. The highest BCUT2D eigenvalue weighted by Gasteiger charge is 2.18. The topological polar surface area (TPSA) is 58.2 Å². The quantitative estimate of drug-likeness (QED) is 0.874. The third-order valence-corrected chi connectivity index (χ3v) is 5.24. The van der Waals surface area contributed by atoms with Crippen molar-refractivity contribution in [1.82, 2.24) is 10.0 Å². The first-order valence-corrected chi connectivity index (χ1v) is 8.46. The molecule has 1 saturated heterocycles. The molecule has 0 aromatic heterocycles. The van der Waals surface area contributed by atoms with Gasteiger partial charge in [0, 0.05) is 12.6 Å². The molecule has 112 valence electrons. The number of halogens is 1. The Bertz CT molecular complexity index is 554. The van der Waals surface area contributed by atoms with Crippen LogP contribution >= 0.6 is 0 Å². The average molecular weight is 300 g/mol. The lowest BCUT2D eigenvalue weighted by atomic mass is 10.0. The lowest BCUT2D eigenvalue weighted by molar-refractivity contribution is 0.382. The molecule has 6 heteroatoms. The number of piperidine rings is 1. The zero-order valence-corrected chi connectivity index (χ0v) is 12.5. The van der Waals surface area contributed by atoms with Crippen LogP contribution in [0.5, 0.6) is 0 Å². The Labute approximate surface area is 119 Å². The number of hydrogen-bond donors (Lipinski definition) is 2. The van der Waals surface area contributed by atoms with Crippen molar-refractivity contribution in [1.29, 1.82) is 0 Å². The predicted octanol–water partition coefficient (Wildman–Crippen LogP) is 1.94. The Morgan fingerprint density at radius 1 is 1.40 bits per heavy atom. The Morgan fingerprint density at radius 2 is 2.20 bits per heavy atom. The van der Waals surface area contributed by atoms with Gasteiger partial charge in [-0.15, -0.1) is 0 Å². The van der Waals surface area contributed by atoms with Gasteiger partial charge in [0.2, 0.25) is 10.0 Å². The monoisotopic (exact) mass is 300 g/mol. The van der Waals surface area contributed by atoms with Crippen molar-refractivity contribution in [2.24, 2.45) is 0 Å². The largest absolute Gasteiger partial charge is 0.314 e. The predicted molar refractivity (Wildman–Crippen MR) is 76.6 cm³/mol. The number of hydrogen-bond acceptors (Lipinski definition) is 3. The Balaban J connectivity index is 1.95. The highest BCUT2D eigenvalue weighted by atomic mass is 32.2. The molecule has 1 aliphatic heterocycles. The summed E-state index contributed by atoms with van der Waals surface area (Å²) in [6.45, 7) is 3.03. The van der Waals surface area contributed by atoms with Gasteiger partial charge < -0.3 is 5.32 Å². The van der Waals surface area contributed by atoms with Crippen LogP contribution in [0.3, 0.4) is 0 Å². The number of aryl methyl sites for hydroxylation is 1. The summed E-state index contributed by atoms with van der Waals surface area (Å²) in [5.41, 5.74) is 0.551. The minimum absolute atomic E-state index is 0.0223. The summed E-state index contributed by atoms with van der Waals surface area (Å²) in [5, 5.41) is 3.37. The van der Waals surface area contributed by atoms with Gasteiger partial charge in [0.1, 0.15) is 5.82 Å². The molecule has 2 N–H and O–H groups in total. The van der Waals surface area contributed by atoms with Crippen molar-refractivity contribution < 1.29 is 12.8 Å². The van der Waals surface area contributed by atoms with Gasteiger partial charge in [0.25, 0.3) is 0 Å². The van der Waals surface area contributed by atoms with Gasteiger partial charge in [0.05, 0.1) is 4.90 Å². The number of nitrogens with one attached hydrogen (secondary N) is 2.